The summed E-state index contributed by atoms with van der Waals surface area (Å²) in [6.07, 6.45) is 1.34. The number of benzene rings is 2. The molecule has 0 bridgehead atoms. The van der Waals surface area contributed by atoms with E-state index in [9.17, 15) is 14.9 Å². The summed E-state index contributed by atoms with van der Waals surface area (Å²) in [6.45, 7) is 7.94. The molecule has 156 valence electrons. The minimum absolute atomic E-state index is 0.124. The Morgan fingerprint density at radius 1 is 1.07 bits per heavy atom. The van der Waals surface area contributed by atoms with Crippen molar-refractivity contribution in [2.45, 2.75) is 20.8 Å². The van der Waals surface area contributed by atoms with Crippen molar-refractivity contribution in [1.82, 2.24) is 0 Å². The number of carbonyl (C=O) groups is 2. The van der Waals surface area contributed by atoms with Gasteiger partial charge in [0.05, 0.1) is 17.9 Å². The van der Waals surface area contributed by atoms with Crippen LogP contribution in [-0.4, -0.2) is 31.6 Å². The van der Waals surface area contributed by atoms with E-state index in [1.807, 2.05) is 30.3 Å². The third-order valence-corrected chi connectivity index (χ3v) is 4.41. The molecule has 7 heteroatoms. The molecule has 2 aromatic rings. The van der Waals surface area contributed by atoms with Gasteiger partial charge in [0.15, 0.2) is 0 Å². The average Bonchev–Trinajstić information content (AvgIpc) is 2.76. The largest absolute Gasteiger partial charge is 0.462 e. The molecule has 0 spiro atoms. The van der Waals surface area contributed by atoms with Crippen LogP contribution in [0.4, 0.5) is 17.1 Å². The second-order valence-electron chi connectivity index (χ2n) is 6.25. The fourth-order valence-corrected chi connectivity index (χ4v) is 2.83. The molecule has 0 saturated heterocycles. The first-order valence-electron chi connectivity index (χ1n) is 9.83. The van der Waals surface area contributed by atoms with Gasteiger partial charge in [0.2, 0.25) is 0 Å². The van der Waals surface area contributed by atoms with E-state index in [4.69, 9.17) is 4.74 Å². The maximum Gasteiger partial charge on any atom is 0.340 e. The van der Waals surface area contributed by atoms with E-state index in [2.05, 4.69) is 29.4 Å². The van der Waals surface area contributed by atoms with Crippen molar-refractivity contribution < 1.29 is 14.3 Å². The monoisotopic (exact) mass is 406 g/mol. The van der Waals surface area contributed by atoms with Crippen LogP contribution in [0.2, 0.25) is 0 Å². The van der Waals surface area contributed by atoms with Gasteiger partial charge in [0.1, 0.15) is 11.6 Å². The van der Waals surface area contributed by atoms with Gasteiger partial charge < -0.3 is 20.3 Å². The summed E-state index contributed by atoms with van der Waals surface area (Å²) in [7, 11) is 0. The van der Waals surface area contributed by atoms with E-state index in [-0.39, 0.29) is 23.4 Å². The highest BCUT2D eigenvalue weighted by Crippen LogP contribution is 2.19. The van der Waals surface area contributed by atoms with Crippen molar-refractivity contribution in [2.24, 2.45) is 0 Å². The number of anilines is 3. The van der Waals surface area contributed by atoms with E-state index >= 15 is 0 Å². The number of esters is 1. The van der Waals surface area contributed by atoms with Gasteiger partial charge in [-0.2, -0.15) is 5.26 Å². The lowest BCUT2D eigenvalue weighted by molar-refractivity contribution is -0.112. The average molecular weight is 406 g/mol. The minimum atomic E-state index is -0.624. The molecule has 0 aromatic heterocycles. The van der Waals surface area contributed by atoms with Crippen LogP contribution in [0, 0.1) is 11.3 Å². The third-order valence-electron chi connectivity index (χ3n) is 4.41. The van der Waals surface area contributed by atoms with Crippen molar-refractivity contribution in [3.63, 3.8) is 0 Å². The number of ether oxygens (including phenoxy) is 1. The van der Waals surface area contributed by atoms with Crippen LogP contribution < -0.4 is 15.5 Å². The summed E-state index contributed by atoms with van der Waals surface area (Å²) in [5.41, 5.74) is 2.24. The molecular formula is C23H26N4O3. The van der Waals surface area contributed by atoms with Crippen molar-refractivity contribution in [3.8, 4) is 6.07 Å². The Bertz CT molecular complexity index is 942. The van der Waals surface area contributed by atoms with E-state index in [0.717, 1.165) is 24.5 Å². The van der Waals surface area contributed by atoms with Crippen LogP contribution in [0.1, 0.15) is 31.1 Å². The zero-order valence-corrected chi connectivity index (χ0v) is 17.4. The number of nitrogens with zero attached hydrogens (tertiary/aromatic N) is 2. The summed E-state index contributed by atoms with van der Waals surface area (Å²) < 4.78 is 5.00. The lowest BCUT2D eigenvalue weighted by Gasteiger charge is -2.21. The van der Waals surface area contributed by atoms with Crippen LogP contribution in [-0.2, 0) is 9.53 Å². The number of amides is 1. The molecule has 0 saturated carbocycles. The molecule has 0 aliphatic carbocycles. The number of carbonyl (C=O) groups excluding carboxylic acids is 2. The molecule has 30 heavy (non-hydrogen) atoms. The van der Waals surface area contributed by atoms with Crippen molar-refractivity contribution in [3.05, 3.63) is 65.9 Å². The predicted molar refractivity (Wildman–Crippen MR) is 118 cm³/mol. The van der Waals surface area contributed by atoms with Gasteiger partial charge in [-0.05, 0) is 57.2 Å². The number of nitrogens with one attached hydrogen (secondary N) is 2. The Morgan fingerprint density at radius 2 is 1.73 bits per heavy atom. The number of rotatable bonds is 9. The van der Waals surface area contributed by atoms with Crippen LogP contribution in [0.5, 0.6) is 0 Å². The third kappa shape index (κ3) is 5.85. The van der Waals surface area contributed by atoms with E-state index in [1.165, 1.54) is 6.20 Å². The van der Waals surface area contributed by atoms with E-state index in [0.29, 0.717) is 0 Å². The fraction of sp³-hybridized carbons (Fsp3) is 0.261. The minimum Gasteiger partial charge on any atom is -0.462 e. The molecule has 0 atom stereocenters. The maximum atomic E-state index is 12.5. The molecule has 0 aliphatic heterocycles. The number of nitriles is 1. The summed E-state index contributed by atoms with van der Waals surface area (Å²) >= 11 is 0. The Hall–Kier alpha value is -3.79. The number of hydrogen-bond acceptors (Lipinski definition) is 6. The van der Waals surface area contributed by atoms with Crippen LogP contribution >= 0.6 is 0 Å². The van der Waals surface area contributed by atoms with Gasteiger partial charge in [0.25, 0.3) is 5.91 Å². The summed E-state index contributed by atoms with van der Waals surface area (Å²) in [5, 5.41) is 14.9. The molecular weight excluding hydrogens is 380 g/mol. The molecule has 0 radical (unpaired) electrons. The Morgan fingerprint density at radius 3 is 2.33 bits per heavy atom. The van der Waals surface area contributed by atoms with Gasteiger partial charge >= 0.3 is 5.97 Å². The Kier molecular flexibility index (Phi) is 8.45. The van der Waals surface area contributed by atoms with Gasteiger partial charge in [-0.15, -0.1) is 0 Å². The summed E-state index contributed by atoms with van der Waals surface area (Å²) in [5.74, 6) is -1.16. The molecule has 0 fully saturated rings. The molecule has 2 N–H and O–H groups in total. The van der Waals surface area contributed by atoms with Gasteiger partial charge in [-0.25, -0.2) is 4.79 Å². The van der Waals surface area contributed by atoms with Crippen LogP contribution in [0.15, 0.2) is 60.3 Å². The summed E-state index contributed by atoms with van der Waals surface area (Å²) in [4.78, 5) is 26.8. The van der Waals surface area contributed by atoms with Crippen molar-refractivity contribution in [1.29, 1.82) is 5.26 Å². The second-order valence-corrected chi connectivity index (χ2v) is 6.25. The zero-order chi connectivity index (χ0) is 21.9. The van der Waals surface area contributed by atoms with E-state index in [1.54, 1.807) is 31.2 Å². The molecule has 1 amide bonds. The first kappa shape index (κ1) is 22.5. The lowest BCUT2D eigenvalue weighted by Crippen LogP contribution is -2.21. The number of hydrogen-bond donors (Lipinski definition) is 2. The second kappa shape index (κ2) is 11.3. The topological polar surface area (TPSA) is 94.5 Å². The standard InChI is InChI=1S/C23H26N4O3/c1-4-27(5-2)19-13-11-18(12-14-19)25-16-17(15-24)22(28)26-21-10-8-7-9-20(21)23(29)30-6-3/h7-14,16,25H,4-6H2,1-3H3,(H,26,28)/b17-16-. The van der Waals surface area contributed by atoms with Crippen LogP contribution in [0.3, 0.4) is 0 Å². The summed E-state index contributed by atoms with van der Waals surface area (Å²) in [6, 6.07) is 16.1. The molecule has 0 unspecified atom stereocenters. The van der Waals surface area contributed by atoms with Gasteiger partial charge in [-0.1, -0.05) is 12.1 Å². The predicted octanol–water partition coefficient (Wildman–Crippen LogP) is 4.17. The van der Waals surface area contributed by atoms with Crippen LogP contribution in [0.25, 0.3) is 0 Å². The van der Waals surface area contributed by atoms with Crippen molar-refractivity contribution >= 4 is 28.9 Å². The lowest BCUT2D eigenvalue weighted by atomic mass is 10.1. The number of para-hydroxylation sites is 1. The normalized spacial score (nSPS) is 10.7. The molecule has 0 aliphatic rings. The van der Waals surface area contributed by atoms with E-state index < -0.39 is 11.9 Å². The first-order valence-corrected chi connectivity index (χ1v) is 9.83. The highest BCUT2D eigenvalue weighted by molar-refractivity contribution is 6.09. The maximum absolute atomic E-state index is 12.5. The fourth-order valence-electron chi connectivity index (χ4n) is 2.83. The Balaban J connectivity index is 2.11. The smallest absolute Gasteiger partial charge is 0.340 e. The quantitative estimate of drug-likeness (QED) is 0.369. The highest BCUT2D eigenvalue weighted by Gasteiger charge is 2.16. The van der Waals surface area contributed by atoms with Gasteiger partial charge in [0, 0.05) is 30.7 Å². The highest BCUT2D eigenvalue weighted by atomic mass is 16.5. The zero-order valence-electron chi connectivity index (χ0n) is 17.4. The molecule has 0 heterocycles. The SMILES string of the molecule is CCOC(=O)c1ccccc1NC(=O)/C(C#N)=C\Nc1ccc(N(CC)CC)cc1. The Labute approximate surface area is 177 Å². The van der Waals surface area contributed by atoms with Crippen molar-refractivity contribution in [2.75, 3.05) is 35.2 Å². The first-order chi connectivity index (χ1) is 14.5. The van der Waals surface area contributed by atoms with Gasteiger partial charge in [-0.3, -0.25) is 4.79 Å². The molecule has 7 nitrogen and oxygen atoms in total. The molecule has 2 aromatic carbocycles. The molecule has 2 rings (SSSR count).